The molecule has 0 aliphatic carbocycles. The third kappa shape index (κ3) is 5.10. The van der Waals surface area contributed by atoms with Crippen molar-refractivity contribution in [2.45, 2.75) is 46.3 Å². The van der Waals surface area contributed by atoms with E-state index in [1.54, 1.807) is 25.1 Å². The second-order valence-corrected chi connectivity index (χ2v) is 5.72. The molecular formula is C16H23NO4. The van der Waals surface area contributed by atoms with Gasteiger partial charge >= 0.3 is 0 Å². The van der Waals surface area contributed by atoms with Gasteiger partial charge in [0.1, 0.15) is 0 Å². The van der Waals surface area contributed by atoms with E-state index in [2.05, 4.69) is 5.32 Å². The van der Waals surface area contributed by atoms with Crippen molar-refractivity contribution in [2.75, 3.05) is 6.61 Å². The molecule has 1 amide bonds. The van der Waals surface area contributed by atoms with E-state index in [9.17, 15) is 9.59 Å². The normalized spacial score (nSPS) is 12.4. The summed E-state index contributed by atoms with van der Waals surface area (Å²) in [5, 5.41) is 2.84. The third-order valence-corrected chi connectivity index (χ3v) is 2.60. The molecule has 0 aromatic heterocycles. The van der Waals surface area contributed by atoms with Crippen LogP contribution in [0.1, 0.15) is 45.0 Å². The van der Waals surface area contributed by atoms with Crippen LogP contribution < -0.4 is 14.8 Å². The number of para-hydroxylation sites is 1. The fraction of sp³-hybridized carbons (Fsp3) is 0.500. The molecule has 1 aromatic carbocycles. The number of ether oxygens (including phenoxy) is 2. The Morgan fingerprint density at radius 1 is 1.38 bits per heavy atom. The van der Waals surface area contributed by atoms with E-state index in [4.69, 9.17) is 9.47 Å². The Balaban J connectivity index is 2.95. The van der Waals surface area contributed by atoms with Gasteiger partial charge in [-0.25, -0.2) is 0 Å². The standard InChI is InChI=1S/C16H23NO4/c1-6-20-13-9-7-8-12(10-18)14(13)21-11(2)15(19)17-16(3,4)5/h7-11H,6H2,1-5H3,(H,17,19). The summed E-state index contributed by atoms with van der Waals surface area (Å²) in [4.78, 5) is 23.2. The molecule has 21 heavy (non-hydrogen) atoms. The first kappa shape index (κ1) is 17.0. The van der Waals surface area contributed by atoms with Gasteiger partial charge in [0, 0.05) is 5.54 Å². The Labute approximate surface area is 125 Å². The maximum atomic E-state index is 12.1. The highest BCUT2D eigenvalue weighted by atomic mass is 16.5. The lowest BCUT2D eigenvalue weighted by Gasteiger charge is -2.24. The van der Waals surface area contributed by atoms with Crippen LogP contribution in [0, 0.1) is 0 Å². The molecule has 0 bridgehead atoms. The van der Waals surface area contributed by atoms with Crippen molar-refractivity contribution in [1.82, 2.24) is 5.32 Å². The molecule has 1 aromatic rings. The molecule has 116 valence electrons. The molecule has 1 unspecified atom stereocenters. The molecule has 0 aliphatic heterocycles. The second kappa shape index (κ2) is 7.11. The Kier molecular flexibility index (Phi) is 5.76. The third-order valence-electron chi connectivity index (χ3n) is 2.60. The summed E-state index contributed by atoms with van der Waals surface area (Å²) in [6.07, 6.45) is -0.0452. The van der Waals surface area contributed by atoms with Crippen LogP contribution in [-0.2, 0) is 4.79 Å². The van der Waals surface area contributed by atoms with Crippen molar-refractivity contribution in [3.8, 4) is 11.5 Å². The smallest absolute Gasteiger partial charge is 0.261 e. The summed E-state index contributed by atoms with van der Waals surface area (Å²) in [6.45, 7) is 9.60. The van der Waals surface area contributed by atoms with E-state index >= 15 is 0 Å². The summed E-state index contributed by atoms with van der Waals surface area (Å²) in [6, 6.07) is 5.04. The molecule has 5 heteroatoms. The van der Waals surface area contributed by atoms with Gasteiger partial charge in [-0.3, -0.25) is 9.59 Å². The highest BCUT2D eigenvalue weighted by Crippen LogP contribution is 2.31. The lowest BCUT2D eigenvalue weighted by atomic mass is 10.1. The molecule has 0 aliphatic rings. The maximum absolute atomic E-state index is 12.1. The van der Waals surface area contributed by atoms with E-state index in [0.717, 1.165) is 0 Å². The van der Waals surface area contributed by atoms with Gasteiger partial charge in [0.05, 0.1) is 12.2 Å². The van der Waals surface area contributed by atoms with Crippen molar-refractivity contribution in [3.63, 3.8) is 0 Å². The van der Waals surface area contributed by atoms with Gasteiger partial charge in [0.25, 0.3) is 5.91 Å². The van der Waals surface area contributed by atoms with Gasteiger partial charge in [-0.2, -0.15) is 0 Å². The number of carbonyl (C=O) groups is 2. The quantitative estimate of drug-likeness (QED) is 0.819. The number of rotatable bonds is 6. The molecule has 0 saturated carbocycles. The zero-order valence-corrected chi connectivity index (χ0v) is 13.2. The fourth-order valence-corrected chi connectivity index (χ4v) is 1.72. The zero-order valence-electron chi connectivity index (χ0n) is 13.2. The first-order valence-electron chi connectivity index (χ1n) is 6.98. The Hall–Kier alpha value is -2.04. The molecule has 1 atom stereocenters. The largest absolute Gasteiger partial charge is 0.490 e. The molecule has 0 spiro atoms. The van der Waals surface area contributed by atoms with Gasteiger partial charge in [-0.05, 0) is 46.8 Å². The zero-order chi connectivity index (χ0) is 16.0. The number of benzene rings is 1. The monoisotopic (exact) mass is 293 g/mol. The van der Waals surface area contributed by atoms with Crippen molar-refractivity contribution < 1.29 is 19.1 Å². The highest BCUT2D eigenvalue weighted by Gasteiger charge is 2.23. The molecule has 0 fully saturated rings. The van der Waals surface area contributed by atoms with Crippen LogP contribution in [-0.4, -0.2) is 30.4 Å². The average Bonchev–Trinajstić information content (AvgIpc) is 2.38. The predicted octanol–water partition coefficient (Wildman–Crippen LogP) is 2.58. The van der Waals surface area contributed by atoms with Gasteiger partial charge < -0.3 is 14.8 Å². The van der Waals surface area contributed by atoms with E-state index in [0.29, 0.717) is 30.0 Å². The van der Waals surface area contributed by atoms with E-state index in [1.165, 1.54) is 0 Å². The van der Waals surface area contributed by atoms with Crippen LogP contribution in [0.2, 0.25) is 0 Å². The van der Waals surface area contributed by atoms with Crippen LogP contribution in [0.5, 0.6) is 11.5 Å². The van der Waals surface area contributed by atoms with Gasteiger partial charge in [-0.15, -0.1) is 0 Å². The van der Waals surface area contributed by atoms with E-state index in [1.807, 2.05) is 27.7 Å². The summed E-state index contributed by atoms with van der Waals surface area (Å²) >= 11 is 0. The van der Waals surface area contributed by atoms with Crippen LogP contribution in [0.3, 0.4) is 0 Å². The van der Waals surface area contributed by atoms with Crippen molar-refractivity contribution >= 4 is 12.2 Å². The molecule has 0 saturated heterocycles. The van der Waals surface area contributed by atoms with Gasteiger partial charge in [0.15, 0.2) is 23.9 Å². The molecule has 5 nitrogen and oxygen atoms in total. The lowest BCUT2D eigenvalue weighted by Crippen LogP contribution is -2.46. The maximum Gasteiger partial charge on any atom is 0.261 e. The predicted molar refractivity (Wildman–Crippen MR) is 81.0 cm³/mol. The average molecular weight is 293 g/mol. The summed E-state index contributed by atoms with van der Waals surface area (Å²) < 4.78 is 11.1. The number of nitrogens with one attached hydrogen (secondary N) is 1. The Bertz CT molecular complexity index is 505. The molecule has 0 heterocycles. The van der Waals surface area contributed by atoms with Crippen LogP contribution >= 0.6 is 0 Å². The summed E-state index contributed by atoms with van der Waals surface area (Å²) in [7, 11) is 0. The number of aldehydes is 1. The van der Waals surface area contributed by atoms with Crippen molar-refractivity contribution in [3.05, 3.63) is 23.8 Å². The summed E-state index contributed by atoms with van der Waals surface area (Å²) in [5.74, 6) is 0.508. The first-order chi connectivity index (χ1) is 9.78. The number of carbonyl (C=O) groups excluding carboxylic acids is 2. The summed E-state index contributed by atoms with van der Waals surface area (Å²) in [5.41, 5.74) is 0.0121. The lowest BCUT2D eigenvalue weighted by molar-refractivity contribution is -0.128. The Morgan fingerprint density at radius 3 is 2.57 bits per heavy atom. The highest BCUT2D eigenvalue weighted by molar-refractivity contribution is 5.84. The van der Waals surface area contributed by atoms with E-state index < -0.39 is 6.10 Å². The SMILES string of the molecule is CCOc1cccc(C=O)c1OC(C)C(=O)NC(C)(C)C. The van der Waals surface area contributed by atoms with Gasteiger partial charge in [0.2, 0.25) is 0 Å². The minimum Gasteiger partial charge on any atom is -0.490 e. The number of hydrogen-bond donors (Lipinski definition) is 1. The van der Waals surface area contributed by atoms with E-state index in [-0.39, 0.29) is 11.4 Å². The minimum atomic E-state index is -0.732. The molecule has 1 N–H and O–H groups in total. The van der Waals surface area contributed by atoms with Crippen molar-refractivity contribution in [2.24, 2.45) is 0 Å². The molecular weight excluding hydrogens is 270 g/mol. The molecule has 1 rings (SSSR count). The van der Waals surface area contributed by atoms with Crippen LogP contribution in [0.25, 0.3) is 0 Å². The van der Waals surface area contributed by atoms with Gasteiger partial charge in [-0.1, -0.05) is 6.07 Å². The molecule has 0 radical (unpaired) electrons. The second-order valence-electron chi connectivity index (χ2n) is 5.72. The van der Waals surface area contributed by atoms with Crippen LogP contribution in [0.15, 0.2) is 18.2 Å². The Morgan fingerprint density at radius 2 is 2.05 bits per heavy atom. The number of hydrogen-bond acceptors (Lipinski definition) is 4. The first-order valence-corrected chi connectivity index (χ1v) is 6.98. The minimum absolute atomic E-state index is 0.245. The number of amides is 1. The fourth-order valence-electron chi connectivity index (χ4n) is 1.72. The van der Waals surface area contributed by atoms with Crippen molar-refractivity contribution in [1.29, 1.82) is 0 Å². The topological polar surface area (TPSA) is 64.6 Å². The van der Waals surface area contributed by atoms with Crippen LogP contribution in [0.4, 0.5) is 0 Å².